The third-order valence-corrected chi connectivity index (χ3v) is 4.61. The monoisotopic (exact) mass is 368 g/mol. The van der Waals surface area contributed by atoms with Crippen LogP contribution in [0.2, 0.25) is 0 Å². The second-order valence-electron chi connectivity index (χ2n) is 6.59. The van der Waals surface area contributed by atoms with Gasteiger partial charge in [0, 0.05) is 23.5 Å². The number of phenols is 1. The molecule has 0 aliphatic carbocycles. The summed E-state index contributed by atoms with van der Waals surface area (Å²) in [5.74, 6) is -0.572. The second-order valence-corrected chi connectivity index (χ2v) is 6.59. The van der Waals surface area contributed by atoms with Crippen molar-refractivity contribution in [3.05, 3.63) is 77.9 Å². The molecule has 0 saturated carbocycles. The predicted octanol–water partition coefficient (Wildman–Crippen LogP) is 4.61. The van der Waals surface area contributed by atoms with Gasteiger partial charge < -0.3 is 19.7 Å². The molecule has 2 aromatic rings. The van der Waals surface area contributed by atoms with E-state index in [0.717, 1.165) is 11.1 Å². The molecule has 5 heteroatoms. The summed E-state index contributed by atoms with van der Waals surface area (Å²) in [5, 5.41) is 19.0. The third kappa shape index (κ3) is 5.18. The van der Waals surface area contributed by atoms with Gasteiger partial charge in [0.15, 0.2) is 6.29 Å². The molecule has 2 aromatic carbocycles. The van der Waals surface area contributed by atoms with E-state index in [-0.39, 0.29) is 24.2 Å². The lowest BCUT2D eigenvalue weighted by Crippen LogP contribution is -2.30. The zero-order chi connectivity index (χ0) is 19.1. The van der Waals surface area contributed by atoms with Gasteiger partial charge in [-0.2, -0.15) is 0 Å². The second kappa shape index (κ2) is 9.35. The molecule has 0 amide bonds. The Kier molecular flexibility index (Phi) is 6.63. The van der Waals surface area contributed by atoms with Gasteiger partial charge in [-0.25, -0.2) is 0 Å². The topological polar surface area (TPSA) is 76.0 Å². The van der Waals surface area contributed by atoms with Crippen LogP contribution in [-0.4, -0.2) is 22.8 Å². The molecule has 0 aromatic heterocycles. The van der Waals surface area contributed by atoms with E-state index in [1.807, 2.05) is 54.6 Å². The first kappa shape index (κ1) is 19.1. The minimum Gasteiger partial charge on any atom is -0.508 e. The van der Waals surface area contributed by atoms with Crippen molar-refractivity contribution in [3.8, 4) is 5.75 Å². The quantitative estimate of drug-likeness (QED) is 0.698. The van der Waals surface area contributed by atoms with Gasteiger partial charge >= 0.3 is 5.97 Å². The molecule has 0 bridgehead atoms. The minimum atomic E-state index is -0.804. The van der Waals surface area contributed by atoms with Gasteiger partial charge in [0.1, 0.15) is 5.75 Å². The maximum atomic E-state index is 10.6. The number of hydrogen-bond acceptors (Lipinski definition) is 4. The van der Waals surface area contributed by atoms with Crippen molar-refractivity contribution in [2.75, 3.05) is 6.61 Å². The van der Waals surface area contributed by atoms with Gasteiger partial charge in [0.25, 0.3) is 0 Å². The number of carbonyl (C=O) groups is 1. The Morgan fingerprint density at radius 3 is 2.56 bits per heavy atom. The first-order valence-corrected chi connectivity index (χ1v) is 9.12. The van der Waals surface area contributed by atoms with Crippen LogP contribution in [-0.2, 0) is 14.3 Å². The molecule has 1 fully saturated rings. The Bertz CT molecular complexity index is 771. The maximum absolute atomic E-state index is 10.6. The summed E-state index contributed by atoms with van der Waals surface area (Å²) in [7, 11) is 0. The molecule has 3 rings (SSSR count). The van der Waals surface area contributed by atoms with E-state index < -0.39 is 12.3 Å². The molecule has 2 N–H and O–H groups in total. The van der Waals surface area contributed by atoms with Crippen LogP contribution in [0.15, 0.2) is 66.7 Å². The van der Waals surface area contributed by atoms with Crippen molar-refractivity contribution in [1.29, 1.82) is 0 Å². The van der Waals surface area contributed by atoms with Crippen molar-refractivity contribution in [3.63, 3.8) is 0 Å². The average molecular weight is 368 g/mol. The van der Waals surface area contributed by atoms with Crippen LogP contribution in [0.4, 0.5) is 0 Å². The van der Waals surface area contributed by atoms with Crippen LogP contribution in [0, 0.1) is 5.92 Å². The lowest BCUT2D eigenvalue weighted by molar-refractivity contribution is -0.244. The normalized spacial score (nSPS) is 22.7. The summed E-state index contributed by atoms with van der Waals surface area (Å²) in [6.07, 6.45) is 4.35. The molecule has 1 saturated heterocycles. The van der Waals surface area contributed by atoms with E-state index in [0.29, 0.717) is 19.4 Å². The number of benzene rings is 2. The van der Waals surface area contributed by atoms with Crippen molar-refractivity contribution in [1.82, 2.24) is 0 Å². The standard InChI is InChI=1S/C22H24O5/c23-19-13-8-7-12-18(19)21-17(11-5-2-6-14-20(24)25)15-26-22(27-21)16-9-3-1-4-10-16/h1-5,7-10,12-13,17,21-23H,6,11,14-15H2,(H,24,25)/b5-2-/t17-,21+,22+/m1/s1. The van der Waals surface area contributed by atoms with E-state index >= 15 is 0 Å². The zero-order valence-corrected chi connectivity index (χ0v) is 15.0. The fourth-order valence-corrected chi connectivity index (χ4v) is 3.21. The summed E-state index contributed by atoms with van der Waals surface area (Å²) in [6.45, 7) is 0.488. The number of carboxylic acid groups (broad SMARTS) is 1. The molecule has 5 nitrogen and oxygen atoms in total. The van der Waals surface area contributed by atoms with Crippen LogP contribution < -0.4 is 0 Å². The van der Waals surface area contributed by atoms with Crippen LogP contribution >= 0.6 is 0 Å². The Labute approximate surface area is 158 Å². The van der Waals surface area contributed by atoms with E-state index in [4.69, 9.17) is 14.6 Å². The Morgan fingerprint density at radius 1 is 1.07 bits per heavy atom. The van der Waals surface area contributed by atoms with E-state index in [1.165, 1.54) is 0 Å². The number of aromatic hydroxyl groups is 1. The van der Waals surface area contributed by atoms with Crippen molar-refractivity contribution in [2.24, 2.45) is 5.92 Å². The SMILES string of the molecule is O=C(O)CC/C=C\C[C@@H]1CO[C@H](c2ccccc2)O[C@@H]1c1ccccc1O. The fourth-order valence-electron chi connectivity index (χ4n) is 3.21. The zero-order valence-electron chi connectivity index (χ0n) is 15.0. The van der Waals surface area contributed by atoms with Crippen LogP contribution in [0.25, 0.3) is 0 Å². The maximum Gasteiger partial charge on any atom is 0.303 e. The van der Waals surface area contributed by atoms with Crippen LogP contribution in [0.1, 0.15) is 42.8 Å². The smallest absolute Gasteiger partial charge is 0.303 e. The van der Waals surface area contributed by atoms with Crippen molar-refractivity contribution in [2.45, 2.75) is 31.7 Å². The van der Waals surface area contributed by atoms with E-state index in [9.17, 15) is 9.90 Å². The molecular weight excluding hydrogens is 344 g/mol. The van der Waals surface area contributed by atoms with E-state index in [1.54, 1.807) is 12.1 Å². The number of para-hydroxylation sites is 1. The molecular formula is C22H24O5. The molecule has 0 radical (unpaired) electrons. The largest absolute Gasteiger partial charge is 0.508 e. The van der Waals surface area contributed by atoms with E-state index in [2.05, 4.69) is 0 Å². The highest BCUT2D eigenvalue weighted by molar-refractivity contribution is 5.66. The van der Waals surface area contributed by atoms with Gasteiger partial charge in [-0.1, -0.05) is 60.7 Å². The van der Waals surface area contributed by atoms with Gasteiger partial charge in [-0.05, 0) is 18.9 Å². The van der Waals surface area contributed by atoms with Gasteiger partial charge in [-0.15, -0.1) is 0 Å². The summed E-state index contributed by atoms with van der Waals surface area (Å²) in [4.78, 5) is 10.6. The van der Waals surface area contributed by atoms with Gasteiger partial charge in [0.2, 0.25) is 0 Å². The summed E-state index contributed by atoms with van der Waals surface area (Å²) >= 11 is 0. The molecule has 1 heterocycles. The van der Waals surface area contributed by atoms with Crippen LogP contribution in [0.5, 0.6) is 5.75 Å². The summed E-state index contributed by atoms with van der Waals surface area (Å²) < 4.78 is 12.2. The first-order valence-electron chi connectivity index (χ1n) is 9.12. The number of ether oxygens (including phenoxy) is 2. The average Bonchev–Trinajstić information content (AvgIpc) is 2.69. The minimum absolute atomic E-state index is 0.0272. The predicted molar refractivity (Wildman–Crippen MR) is 101 cm³/mol. The lowest BCUT2D eigenvalue weighted by atomic mass is 9.91. The number of rotatable bonds is 7. The molecule has 142 valence electrons. The molecule has 1 aliphatic heterocycles. The Morgan fingerprint density at radius 2 is 1.81 bits per heavy atom. The third-order valence-electron chi connectivity index (χ3n) is 4.61. The van der Waals surface area contributed by atoms with Gasteiger partial charge in [-0.3, -0.25) is 4.79 Å². The summed E-state index contributed by atoms with van der Waals surface area (Å²) in [6, 6.07) is 16.9. The number of carboxylic acids is 1. The number of hydrogen-bond donors (Lipinski definition) is 2. The lowest BCUT2D eigenvalue weighted by Gasteiger charge is -2.37. The molecule has 27 heavy (non-hydrogen) atoms. The van der Waals surface area contributed by atoms with Crippen LogP contribution in [0.3, 0.4) is 0 Å². The molecule has 0 unspecified atom stereocenters. The number of allylic oxidation sites excluding steroid dienone is 2. The number of aliphatic carboxylic acids is 1. The highest BCUT2D eigenvalue weighted by atomic mass is 16.7. The highest BCUT2D eigenvalue weighted by Crippen LogP contribution is 2.42. The molecule has 1 aliphatic rings. The summed E-state index contributed by atoms with van der Waals surface area (Å²) in [5.41, 5.74) is 1.68. The highest BCUT2D eigenvalue weighted by Gasteiger charge is 2.34. The first-order chi connectivity index (χ1) is 13.1. The molecule has 3 atom stereocenters. The van der Waals surface area contributed by atoms with Crippen molar-refractivity contribution < 1.29 is 24.5 Å². The fraction of sp³-hybridized carbons (Fsp3) is 0.318. The number of phenolic OH excluding ortho intramolecular Hbond substituents is 1. The van der Waals surface area contributed by atoms with Crippen molar-refractivity contribution >= 4 is 5.97 Å². The Hall–Kier alpha value is -2.63. The molecule has 0 spiro atoms. The Balaban J connectivity index is 1.74. The van der Waals surface area contributed by atoms with Gasteiger partial charge in [0.05, 0.1) is 12.7 Å².